The minimum absolute atomic E-state index is 0.234. The fraction of sp³-hybridized carbons (Fsp3) is 0.381. The van der Waals surface area contributed by atoms with Crippen LogP contribution in [0.5, 0.6) is 17.2 Å². The van der Waals surface area contributed by atoms with Crippen molar-refractivity contribution in [1.82, 2.24) is 9.80 Å². The van der Waals surface area contributed by atoms with Crippen LogP contribution in [0.15, 0.2) is 36.4 Å². The Bertz CT molecular complexity index is 855. The Morgan fingerprint density at radius 2 is 1.81 bits per heavy atom. The fourth-order valence-electron chi connectivity index (χ4n) is 3.66. The van der Waals surface area contributed by atoms with Crippen molar-refractivity contribution in [1.29, 1.82) is 0 Å². The normalized spacial score (nSPS) is 17.0. The molecule has 2 aliphatic heterocycles. The van der Waals surface area contributed by atoms with Crippen molar-refractivity contribution >= 4 is 5.91 Å². The first kappa shape index (κ1) is 17.8. The van der Waals surface area contributed by atoms with Crippen molar-refractivity contribution in [3.05, 3.63) is 53.3 Å². The zero-order valence-electron chi connectivity index (χ0n) is 15.4. The maximum Gasteiger partial charge on any atom is 0.222 e. The second-order valence-electron chi connectivity index (χ2n) is 7.02. The molecule has 2 heterocycles. The van der Waals surface area contributed by atoms with Crippen molar-refractivity contribution in [3.8, 4) is 17.2 Å². The monoisotopic (exact) mass is 370 g/mol. The molecular formula is C21H23FN2O3. The lowest BCUT2D eigenvalue weighted by molar-refractivity contribution is -0.127. The van der Waals surface area contributed by atoms with Crippen LogP contribution < -0.4 is 9.47 Å². The summed E-state index contributed by atoms with van der Waals surface area (Å²) < 4.78 is 25.1. The Morgan fingerprint density at radius 3 is 2.52 bits per heavy atom. The lowest BCUT2D eigenvalue weighted by Crippen LogP contribution is -2.35. The van der Waals surface area contributed by atoms with E-state index in [0.717, 1.165) is 30.6 Å². The van der Waals surface area contributed by atoms with E-state index in [1.54, 1.807) is 13.2 Å². The third-order valence-corrected chi connectivity index (χ3v) is 5.17. The molecule has 0 saturated carbocycles. The second kappa shape index (κ2) is 7.56. The number of rotatable bonds is 4. The zero-order chi connectivity index (χ0) is 18.8. The maximum atomic E-state index is 13.8. The van der Waals surface area contributed by atoms with Crippen molar-refractivity contribution in [2.24, 2.45) is 0 Å². The summed E-state index contributed by atoms with van der Waals surface area (Å²) in [4.78, 5) is 16.1. The number of fused-ring (bicyclic) bond motifs is 2. The summed E-state index contributed by atoms with van der Waals surface area (Å²) in [6, 6.07) is 10.4. The summed E-state index contributed by atoms with van der Waals surface area (Å²) >= 11 is 0. The maximum absolute atomic E-state index is 13.8. The van der Waals surface area contributed by atoms with Crippen molar-refractivity contribution < 1.29 is 18.7 Å². The van der Waals surface area contributed by atoms with Gasteiger partial charge < -0.3 is 14.4 Å². The van der Waals surface area contributed by atoms with Gasteiger partial charge in [0.05, 0.1) is 7.11 Å². The molecule has 0 spiro atoms. The highest BCUT2D eigenvalue weighted by molar-refractivity contribution is 5.78. The number of ether oxygens (including phenoxy) is 2. The number of carbonyl (C=O) groups is 1. The van der Waals surface area contributed by atoms with Crippen LogP contribution in [0.25, 0.3) is 0 Å². The fourth-order valence-corrected chi connectivity index (χ4v) is 3.66. The number of hydrogen-bond donors (Lipinski definition) is 0. The number of nitrogens with zero attached hydrogens (tertiary/aromatic N) is 2. The highest BCUT2D eigenvalue weighted by Crippen LogP contribution is 2.35. The molecule has 0 N–H and O–H groups in total. The van der Waals surface area contributed by atoms with E-state index < -0.39 is 0 Å². The molecule has 1 saturated heterocycles. The van der Waals surface area contributed by atoms with Crippen LogP contribution in [0.1, 0.15) is 24.0 Å². The van der Waals surface area contributed by atoms with Crippen molar-refractivity contribution in [2.45, 2.75) is 25.9 Å². The SMILES string of the molecule is COc1ccc2c(c1)Oc1cc(F)ccc1CN(CCN1CCCC1=O)C2. The van der Waals surface area contributed by atoms with Crippen molar-refractivity contribution in [3.63, 3.8) is 0 Å². The Hall–Kier alpha value is -2.60. The third kappa shape index (κ3) is 3.90. The summed E-state index contributed by atoms with van der Waals surface area (Å²) in [7, 11) is 1.61. The van der Waals surface area contributed by atoms with Gasteiger partial charge in [-0.1, -0.05) is 12.1 Å². The topological polar surface area (TPSA) is 42.0 Å². The Balaban J connectivity index is 1.62. The van der Waals surface area contributed by atoms with E-state index in [1.807, 2.05) is 23.1 Å². The number of amides is 1. The van der Waals surface area contributed by atoms with Gasteiger partial charge in [0, 0.05) is 62.4 Å². The van der Waals surface area contributed by atoms with Gasteiger partial charge in [0.1, 0.15) is 23.1 Å². The number of likely N-dealkylation sites (tertiary alicyclic amines) is 1. The number of methoxy groups -OCH3 is 1. The van der Waals surface area contributed by atoms with Crippen LogP contribution in [0.3, 0.4) is 0 Å². The van der Waals surface area contributed by atoms with Gasteiger partial charge >= 0.3 is 0 Å². The highest BCUT2D eigenvalue weighted by atomic mass is 19.1. The molecule has 5 nitrogen and oxygen atoms in total. The van der Waals surface area contributed by atoms with Crippen LogP contribution in [0.2, 0.25) is 0 Å². The van der Waals surface area contributed by atoms with Crippen LogP contribution >= 0.6 is 0 Å². The van der Waals surface area contributed by atoms with E-state index >= 15 is 0 Å². The predicted molar refractivity (Wildman–Crippen MR) is 99.4 cm³/mol. The lowest BCUT2D eigenvalue weighted by atomic mass is 10.1. The van der Waals surface area contributed by atoms with Crippen molar-refractivity contribution in [2.75, 3.05) is 26.7 Å². The standard InChI is InChI=1S/C21H23FN2O3/c1-26-18-7-5-16-14-23(9-10-24-8-2-3-21(24)25)13-15-4-6-17(22)11-19(15)27-20(16)12-18/h4-7,11-12H,2-3,8-10,13-14H2,1H3. The number of carbonyl (C=O) groups excluding carboxylic acids is 1. The molecule has 6 heteroatoms. The Morgan fingerprint density at radius 1 is 1.07 bits per heavy atom. The Kier molecular flexibility index (Phi) is 4.99. The molecule has 0 aliphatic carbocycles. The van der Waals surface area contributed by atoms with Gasteiger partial charge in [-0.05, 0) is 18.6 Å². The molecule has 2 aromatic carbocycles. The van der Waals surface area contributed by atoms with Gasteiger partial charge in [-0.3, -0.25) is 9.69 Å². The summed E-state index contributed by atoms with van der Waals surface area (Å²) in [5.41, 5.74) is 1.94. The van der Waals surface area contributed by atoms with Gasteiger partial charge in [0.15, 0.2) is 0 Å². The summed E-state index contributed by atoms with van der Waals surface area (Å²) in [6.07, 6.45) is 1.59. The first-order valence-electron chi connectivity index (χ1n) is 9.26. The largest absolute Gasteiger partial charge is 0.497 e. The molecule has 0 bridgehead atoms. The molecule has 27 heavy (non-hydrogen) atoms. The minimum atomic E-state index is -0.326. The van der Waals surface area contributed by atoms with Gasteiger partial charge in [-0.15, -0.1) is 0 Å². The molecule has 2 aromatic rings. The average molecular weight is 370 g/mol. The molecule has 2 aliphatic rings. The van der Waals surface area contributed by atoms with E-state index in [1.165, 1.54) is 12.1 Å². The van der Waals surface area contributed by atoms with E-state index in [0.29, 0.717) is 43.3 Å². The van der Waals surface area contributed by atoms with E-state index in [9.17, 15) is 9.18 Å². The number of benzene rings is 2. The van der Waals surface area contributed by atoms with Gasteiger partial charge in [0.25, 0.3) is 0 Å². The van der Waals surface area contributed by atoms with E-state index in [4.69, 9.17) is 9.47 Å². The van der Waals surface area contributed by atoms with Crippen LogP contribution in [-0.4, -0.2) is 42.5 Å². The highest BCUT2D eigenvalue weighted by Gasteiger charge is 2.23. The summed E-state index contributed by atoms with van der Waals surface area (Å²) in [5.74, 6) is 1.79. The zero-order valence-corrected chi connectivity index (χ0v) is 15.4. The minimum Gasteiger partial charge on any atom is -0.497 e. The molecule has 0 aromatic heterocycles. The average Bonchev–Trinajstić information content (AvgIpc) is 3.06. The van der Waals surface area contributed by atoms with Gasteiger partial charge in [-0.2, -0.15) is 0 Å². The first-order valence-corrected chi connectivity index (χ1v) is 9.26. The van der Waals surface area contributed by atoms with E-state index in [-0.39, 0.29) is 11.7 Å². The first-order chi connectivity index (χ1) is 13.1. The predicted octanol–water partition coefficient (Wildman–Crippen LogP) is 3.56. The number of halogens is 1. The molecule has 4 rings (SSSR count). The lowest BCUT2D eigenvalue weighted by Gasteiger charge is -2.29. The molecular weight excluding hydrogens is 347 g/mol. The van der Waals surface area contributed by atoms with Gasteiger partial charge in [-0.25, -0.2) is 4.39 Å². The number of hydrogen-bond acceptors (Lipinski definition) is 4. The molecule has 1 amide bonds. The quantitative estimate of drug-likeness (QED) is 0.825. The second-order valence-corrected chi connectivity index (χ2v) is 7.02. The van der Waals surface area contributed by atoms with Crippen LogP contribution in [-0.2, 0) is 17.9 Å². The van der Waals surface area contributed by atoms with Crippen LogP contribution in [0, 0.1) is 5.82 Å². The molecule has 142 valence electrons. The molecule has 0 radical (unpaired) electrons. The summed E-state index contributed by atoms with van der Waals surface area (Å²) in [5, 5.41) is 0. The van der Waals surface area contributed by atoms with Crippen LogP contribution in [0.4, 0.5) is 4.39 Å². The Labute approximate surface area is 158 Å². The van der Waals surface area contributed by atoms with Gasteiger partial charge in [0.2, 0.25) is 5.91 Å². The molecule has 1 fully saturated rings. The summed E-state index contributed by atoms with van der Waals surface area (Å²) in [6.45, 7) is 3.64. The third-order valence-electron chi connectivity index (χ3n) is 5.17. The molecule has 0 unspecified atom stereocenters. The molecule has 0 atom stereocenters. The van der Waals surface area contributed by atoms with E-state index in [2.05, 4.69) is 4.90 Å². The smallest absolute Gasteiger partial charge is 0.222 e.